The Morgan fingerprint density at radius 2 is 2.00 bits per heavy atom. The first kappa shape index (κ1) is 10.1. The molecule has 17 heavy (non-hydrogen) atoms. The summed E-state index contributed by atoms with van der Waals surface area (Å²) in [5, 5.41) is 13.5. The monoisotopic (exact) mass is 224 g/mol. The van der Waals surface area contributed by atoms with E-state index < -0.39 is 0 Å². The average Bonchev–Trinajstić information content (AvgIpc) is 2.87. The van der Waals surface area contributed by atoms with Crippen molar-refractivity contribution in [3.05, 3.63) is 47.3 Å². The maximum Gasteiger partial charge on any atom is 0.167 e. The lowest BCUT2D eigenvalue weighted by Gasteiger charge is -2.08. The van der Waals surface area contributed by atoms with Crippen molar-refractivity contribution < 1.29 is 0 Å². The van der Waals surface area contributed by atoms with Crippen molar-refractivity contribution in [1.82, 2.24) is 14.7 Å². The Bertz CT molecular complexity index is 592. The van der Waals surface area contributed by atoms with Crippen LogP contribution in [0.4, 0.5) is 0 Å². The van der Waals surface area contributed by atoms with Gasteiger partial charge < -0.3 is 0 Å². The lowest BCUT2D eigenvalue weighted by molar-refractivity contribution is 0.345. The highest BCUT2D eigenvalue weighted by Gasteiger charge is 2.26. The van der Waals surface area contributed by atoms with Gasteiger partial charge in [0.15, 0.2) is 5.69 Å². The second-order valence-corrected chi connectivity index (χ2v) is 4.31. The molecular weight excluding hydrogens is 212 g/mol. The Morgan fingerprint density at radius 1 is 1.24 bits per heavy atom. The minimum Gasteiger partial charge on any atom is -0.296 e. The van der Waals surface area contributed by atoms with Crippen molar-refractivity contribution in [3.63, 3.8) is 0 Å². The first-order valence-corrected chi connectivity index (χ1v) is 5.54. The quantitative estimate of drug-likeness (QED) is 0.740. The molecule has 84 valence electrons. The second-order valence-electron chi connectivity index (χ2n) is 4.31. The van der Waals surface area contributed by atoms with E-state index in [4.69, 9.17) is 5.26 Å². The van der Waals surface area contributed by atoms with E-state index in [9.17, 15) is 0 Å². The van der Waals surface area contributed by atoms with Crippen molar-refractivity contribution in [3.8, 4) is 11.8 Å². The van der Waals surface area contributed by atoms with E-state index in [1.165, 1.54) is 0 Å². The molecule has 1 aliphatic heterocycles. The van der Waals surface area contributed by atoms with Gasteiger partial charge in [0.05, 0.1) is 11.4 Å². The number of rotatable bonds is 1. The first-order valence-electron chi connectivity index (χ1n) is 5.54. The highest BCUT2D eigenvalue weighted by Crippen LogP contribution is 2.26. The van der Waals surface area contributed by atoms with Crippen molar-refractivity contribution >= 4 is 0 Å². The van der Waals surface area contributed by atoms with Crippen LogP contribution in [0.2, 0.25) is 0 Å². The summed E-state index contributed by atoms with van der Waals surface area (Å²) in [6, 6.07) is 12.1. The summed E-state index contributed by atoms with van der Waals surface area (Å²) in [5.41, 5.74) is 3.77. The van der Waals surface area contributed by atoms with E-state index in [2.05, 4.69) is 23.1 Å². The Balaban J connectivity index is 2.18. The molecule has 0 saturated carbocycles. The molecule has 0 bridgehead atoms. The number of nitriles is 1. The van der Waals surface area contributed by atoms with Crippen LogP contribution in [0.1, 0.15) is 17.0 Å². The van der Waals surface area contributed by atoms with E-state index in [0.29, 0.717) is 5.69 Å². The zero-order chi connectivity index (χ0) is 11.8. The molecule has 2 heterocycles. The van der Waals surface area contributed by atoms with Crippen molar-refractivity contribution in [2.45, 2.75) is 13.1 Å². The summed E-state index contributed by atoms with van der Waals surface area (Å²) >= 11 is 0. The molecule has 0 spiro atoms. The van der Waals surface area contributed by atoms with Gasteiger partial charge in [-0.2, -0.15) is 10.4 Å². The number of hydrogen-bond donors (Lipinski definition) is 0. The van der Waals surface area contributed by atoms with Crippen LogP contribution >= 0.6 is 0 Å². The number of benzene rings is 1. The maximum atomic E-state index is 9.10. The lowest BCUT2D eigenvalue weighted by Crippen LogP contribution is -2.12. The molecule has 4 heteroatoms. The number of nitrogens with zero attached hydrogens (tertiary/aromatic N) is 4. The molecule has 0 aliphatic carbocycles. The van der Waals surface area contributed by atoms with Crippen LogP contribution in [-0.2, 0) is 13.1 Å². The molecular formula is C13H12N4. The minimum atomic E-state index is 0.549. The number of fused-ring (bicyclic) bond motifs is 1. The van der Waals surface area contributed by atoms with Gasteiger partial charge in [-0.15, -0.1) is 0 Å². The molecule has 0 radical (unpaired) electrons. The van der Waals surface area contributed by atoms with Crippen LogP contribution in [0.3, 0.4) is 0 Å². The molecule has 0 fully saturated rings. The molecule has 4 nitrogen and oxygen atoms in total. The van der Waals surface area contributed by atoms with E-state index in [-0.39, 0.29) is 0 Å². The van der Waals surface area contributed by atoms with Gasteiger partial charge >= 0.3 is 0 Å². The molecule has 2 aromatic rings. The smallest absolute Gasteiger partial charge is 0.167 e. The highest BCUT2D eigenvalue weighted by atomic mass is 15.3. The molecule has 0 atom stereocenters. The molecule has 0 amide bonds. The van der Waals surface area contributed by atoms with E-state index in [0.717, 1.165) is 30.0 Å². The molecule has 0 N–H and O–H groups in total. The third kappa shape index (κ3) is 1.52. The predicted molar refractivity (Wildman–Crippen MR) is 63.5 cm³/mol. The van der Waals surface area contributed by atoms with Gasteiger partial charge in [0.25, 0.3) is 0 Å². The summed E-state index contributed by atoms with van der Waals surface area (Å²) < 4.78 is 1.89. The first-order chi connectivity index (χ1) is 8.29. The van der Waals surface area contributed by atoms with Crippen LogP contribution in [0.5, 0.6) is 0 Å². The Labute approximate surface area is 99.7 Å². The largest absolute Gasteiger partial charge is 0.296 e. The Kier molecular flexibility index (Phi) is 2.20. The minimum absolute atomic E-state index is 0.549. The Hall–Kier alpha value is -2.12. The van der Waals surface area contributed by atoms with Crippen molar-refractivity contribution in [2.24, 2.45) is 0 Å². The van der Waals surface area contributed by atoms with E-state index in [1.54, 1.807) is 0 Å². The molecule has 1 aliphatic rings. The third-order valence-electron chi connectivity index (χ3n) is 3.04. The van der Waals surface area contributed by atoms with Gasteiger partial charge in [-0.25, -0.2) is 4.68 Å². The average molecular weight is 224 g/mol. The summed E-state index contributed by atoms with van der Waals surface area (Å²) in [7, 11) is 2.05. The van der Waals surface area contributed by atoms with Crippen LogP contribution in [0, 0.1) is 11.3 Å². The summed E-state index contributed by atoms with van der Waals surface area (Å²) in [5.74, 6) is 0. The van der Waals surface area contributed by atoms with Crippen molar-refractivity contribution in [1.29, 1.82) is 5.26 Å². The van der Waals surface area contributed by atoms with Gasteiger partial charge in [0.1, 0.15) is 6.07 Å². The van der Waals surface area contributed by atoms with E-state index >= 15 is 0 Å². The normalized spacial score (nSPS) is 14.6. The summed E-state index contributed by atoms with van der Waals surface area (Å²) in [6.07, 6.45) is 0. The van der Waals surface area contributed by atoms with Crippen LogP contribution in [0.25, 0.3) is 5.69 Å². The van der Waals surface area contributed by atoms with Gasteiger partial charge in [-0.3, -0.25) is 4.90 Å². The van der Waals surface area contributed by atoms with Crippen LogP contribution < -0.4 is 0 Å². The zero-order valence-corrected chi connectivity index (χ0v) is 9.59. The number of hydrogen-bond acceptors (Lipinski definition) is 3. The van der Waals surface area contributed by atoms with E-state index in [1.807, 2.05) is 35.0 Å². The van der Waals surface area contributed by atoms with Crippen LogP contribution in [0.15, 0.2) is 30.3 Å². The molecule has 0 saturated heterocycles. The summed E-state index contributed by atoms with van der Waals surface area (Å²) in [6.45, 7) is 1.66. The SMILES string of the molecule is CN1Cc2c(C#N)nn(-c3ccccc3)c2C1. The van der Waals surface area contributed by atoms with Gasteiger partial charge in [-0.05, 0) is 19.2 Å². The zero-order valence-electron chi connectivity index (χ0n) is 9.59. The standard InChI is InChI=1S/C13H12N4/c1-16-8-11-12(7-14)15-17(13(11)9-16)10-5-3-2-4-6-10/h2-6H,8-9H2,1H3. The van der Waals surface area contributed by atoms with Gasteiger partial charge in [-0.1, -0.05) is 18.2 Å². The molecule has 0 unspecified atom stereocenters. The predicted octanol–water partition coefficient (Wildman–Crippen LogP) is 1.69. The number of para-hydroxylation sites is 1. The van der Waals surface area contributed by atoms with Gasteiger partial charge in [0, 0.05) is 18.7 Å². The van der Waals surface area contributed by atoms with Crippen LogP contribution in [-0.4, -0.2) is 21.7 Å². The second kappa shape index (κ2) is 3.72. The van der Waals surface area contributed by atoms with Gasteiger partial charge in [0.2, 0.25) is 0 Å². The third-order valence-corrected chi connectivity index (χ3v) is 3.04. The molecule has 1 aromatic carbocycles. The topological polar surface area (TPSA) is 44.9 Å². The fraction of sp³-hybridized carbons (Fsp3) is 0.231. The maximum absolute atomic E-state index is 9.10. The fourth-order valence-corrected chi connectivity index (χ4v) is 2.27. The Morgan fingerprint density at radius 3 is 2.71 bits per heavy atom. The number of aromatic nitrogens is 2. The molecule has 3 rings (SSSR count). The lowest BCUT2D eigenvalue weighted by atomic mass is 10.2. The fourth-order valence-electron chi connectivity index (χ4n) is 2.27. The summed E-state index contributed by atoms with van der Waals surface area (Å²) in [4.78, 5) is 2.19. The molecule has 1 aromatic heterocycles. The highest BCUT2D eigenvalue weighted by molar-refractivity contribution is 5.43. The van der Waals surface area contributed by atoms with Crippen molar-refractivity contribution in [2.75, 3.05) is 7.05 Å².